The third kappa shape index (κ3) is 3.83. The highest BCUT2D eigenvalue weighted by molar-refractivity contribution is 5.80. The Hall–Kier alpha value is -1.06. The van der Waals surface area contributed by atoms with E-state index >= 15 is 0 Å². The van der Waals surface area contributed by atoms with Gasteiger partial charge in [0.1, 0.15) is 0 Å². The predicted octanol–water partition coefficient (Wildman–Crippen LogP) is 1.75. The summed E-state index contributed by atoms with van der Waals surface area (Å²) in [5, 5.41) is 8.50. The number of carboxylic acids is 1. The van der Waals surface area contributed by atoms with Gasteiger partial charge >= 0.3 is 5.97 Å². The number of nitrogens with zero attached hydrogens (tertiary/aromatic N) is 1. The zero-order valence-corrected chi connectivity index (χ0v) is 10.1. The summed E-state index contributed by atoms with van der Waals surface area (Å²) in [6, 6.07) is 0. The normalized spacial score (nSPS) is 17.8. The Kier molecular flexibility index (Phi) is 4.77. The number of carbonyl (C=O) groups excluding carboxylic acids is 1. The molecule has 0 atom stereocenters. The Morgan fingerprint density at radius 3 is 2.25 bits per heavy atom. The molecule has 0 radical (unpaired) electrons. The van der Waals surface area contributed by atoms with Gasteiger partial charge in [0.25, 0.3) is 0 Å². The van der Waals surface area contributed by atoms with Crippen LogP contribution in [0.1, 0.15) is 39.5 Å². The summed E-state index contributed by atoms with van der Waals surface area (Å²) < 4.78 is 0. The third-order valence-electron chi connectivity index (χ3n) is 3.39. The maximum atomic E-state index is 11.6. The lowest BCUT2D eigenvalue weighted by Crippen LogP contribution is -2.39. The van der Waals surface area contributed by atoms with Crippen LogP contribution in [-0.4, -0.2) is 35.0 Å². The lowest BCUT2D eigenvalue weighted by atomic mass is 9.86. The van der Waals surface area contributed by atoms with Crippen molar-refractivity contribution in [3.63, 3.8) is 0 Å². The molecule has 1 aliphatic rings. The minimum absolute atomic E-state index is 0.00962. The summed E-state index contributed by atoms with van der Waals surface area (Å²) in [5.41, 5.74) is 0. The molecule has 4 heteroatoms. The first-order valence-corrected chi connectivity index (χ1v) is 6.00. The van der Waals surface area contributed by atoms with Crippen molar-refractivity contribution < 1.29 is 14.7 Å². The zero-order chi connectivity index (χ0) is 12.1. The van der Waals surface area contributed by atoms with Gasteiger partial charge in [-0.25, -0.2) is 0 Å². The fraction of sp³-hybridized carbons (Fsp3) is 0.833. The van der Waals surface area contributed by atoms with E-state index in [1.54, 1.807) is 0 Å². The highest BCUT2D eigenvalue weighted by Gasteiger charge is 2.24. The summed E-state index contributed by atoms with van der Waals surface area (Å²) >= 11 is 0. The molecular formula is C12H21NO3. The second-order valence-corrected chi connectivity index (χ2v) is 4.86. The summed E-state index contributed by atoms with van der Waals surface area (Å²) in [5.74, 6) is 0.481. The van der Waals surface area contributed by atoms with Crippen molar-refractivity contribution in [2.24, 2.45) is 11.8 Å². The van der Waals surface area contributed by atoms with Crippen LogP contribution in [0.15, 0.2) is 0 Å². The van der Waals surface area contributed by atoms with Crippen LogP contribution in [0.4, 0.5) is 0 Å². The average Bonchev–Trinajstić information content (AvgIpc) is 2.26. The lowest BCUT2D eigenvalue weighted by Gasteiger charge is -2.33. The van der Waals surface area contributed by atoms with Crippen LogP contribution in [0, 0.1) is 11.8 Å². The number of amides is 1. The van der Waals surface area contributed by atoms with Crippen LogP contribution in [-0.2, 0) is 9.59 Å². The molecule has 0 spiro atoms. The van der Waals surface area contributed by atoms with Crippen molar-refractivity contribution in [2.75, 3.05) is 13.1 Å². The molecule has 1 aliphatic heterocycles. The number of hydrogen-bond acceptors (Lipinski definition) is 2. The van der Waals surface area contributed by atoms with Crippen LogP contribution >= 0.6 is 0 Å². The first kappa shape index (κ1) is 13.0. The van der Waals surface area contributed by atoms with E-state index in [-0.39, 0.29) is 18.7 Å². The van der Waals surface area contributed by atoms with E-state index < -0.39 is 5.97 Å². The van der Waals surface area contributed by atoms with Crippen molar-refractivity contribution in [1.82, 2.24) is 4.90 Å². The molecule has 1 N–H and O–H groups in total. The van der Waals surface area contributed by atoms with Crippen LogP contribution in [0.25, 0.3) is 0 Å². The van der Waals surface area contributed by atoms with Crippen molar-refractivity contribution in [2.45, 2.75) is 39.5 Å². The smallest absolute Gasteiger partial charge is 0.303 e. The Morgan fingerprint density at radius 1 is 1.25 bits per heavy atom. The molecular weight excluding hydrogens is 206 g/mol. The molecule has 4 nitrogen and oxygen atoms in total. The summed E-state index contributed by atoms with van der Waals surface area (Å²) in [4.78, 5) is 23.8. The first-order chi connectivity index (χ1) is 7.50. The minimum Gasteiger partial charge on any atom is -0.481 e. The highest BCUT2D eigenvalue weighted by atomic mass is 16.4. The van der Waals surface area contributed by atoms with Gasteiger partial charge < -0.3 is 10.0 Å². The van der Waals surface area contributed by atoms with Crippen LogP contribution < -0.4 is 0 Å². The molecule has 92 valence electrons. The molecule has 1 rings (SSSR count). The molecule has 0 aromatic rings. The minimum atomic E-state index is -0.898. The molecule has 16 heavy (non-hydrogen) atoms. The number of piperidine rings is 1. The predicted molar refractivity (Wildman–Crippen MR) is 61.0 cm³/mol. The maximum Gasteiger partial charge on any atom is 0.303 e. The molecule has 1 saturated heterocycles. The Labute approximate surface area is 96.6 Å². The summed E-state index contributed by atoms with van der Waals surface area (Å²) in [7, 11) is 0. The number of aliphatic carboxylic acids is 1. The SMILES string of the molecule is CC(C)C1CCN(C(=O)CCC(=O)O)CC1. The zero-order valence-electron chi connectivity index (χ0n) is 10.1. The van der Waals surface area contributed by atoms with Gasteiger partial charge in [-0.15, -0.1) is 0 Å². The Morgan fingerprint density at radius 2 is 1.81 bits per heavy atom. The Balaban J connectivity index is 2.30. The van der Waals surface area contributed by atoms with Crippen LogP contribution in [0.2, 0.25) is 0 Å². The standard InChI is InChI=1S/C12H21NO3/c1-9(2)10-5-7-13(8-6-10)11(14)3-4-12(15)16/h9-10H,3-8H2,1-2H3,(H,15,16). The topological polar surface area (TPSA) is 57.6 Å². The number of hydrogen-bond donors (Lipinski definition) is 1. The fourth-order valence-corrected chi connectivity index (χ4v) is 2.19. The monoisotopic (exact) mass is 227 g/mol. The second-order valence-electron chi connectivity index (χ2n) is 4.86. The van der Waals surface area contributed by atoms with E-state index in [0.717, 1.165) is 25.9 Å². The number of rotatable bonds is 4. The lowest BCUT2D eigenvalue weighted by molar-refractivity contribution is -0.141. The fourth-order valence-electron chi connectivity index (χ4n) is 2.19. The second kappa shape index (κ2) is 5.87. The van der Waals surface area contributed by atoms with E-state index in [1.165, 1.54) is 0 Å². The van der Waals surface area contributed by atoms with Crippen molar-refractivity contribution in [3.05, 3.63) is 0 Å². The number of likely N-dealkylation sites (tertiary alicyclic amines) is 1. The van der Waals surface area contributed by atoms with E-state index in [1.807, 2.05) is 4.90 Å². The summed E-state index contributed by atoms with van der Waals surface area (Å²) in [6.45, 7) is 6.02. The van der Waals surface area contributed by atoms with E-state index in [2.05, 4.69) is 13.8 Å². The van der Waals surface area contributed by atoms with E-state index in [0.29, 0.717) is 11.8 Å². The van der Waals surface area contributed by atoms with E-state index in [9.17, 15) is 9.59 Å². The van der Waals surface area contributed by atoms with Gasteiger partial charge in [-0.05, 0) is 24.7 Å². The van der Waals surface area contributed by atoms with Gasteiger partial charge in [0.15, 0.2) is 0 Å². The molecule has 0 unspecified atom stereocenters. The van der Waals surface area contributed by atoms with E-state index in [4.69, 9.17) is 5.11 Å². The van der Waals surface area contributed by atoms with Gasteiger partial charge in [-0.1, -0.05) is 13.8 Å². The van der Waals surface area contributed by atoms with Crippen molar-refractivity contribution in [3.8, 4) is 0 Å². The molecule has 1 amide bonds. The molecule has 0 bridgehead atoms. The van der Waals surface area contributed by atoms with Crippen molar-refractivity contribution >= 4 is 11.9 Å². The van der Waals surface area contributed by atoms with Crippen molar-refractivity contribution in [1.29, 1.82) is 0 Å². The molecule has 0 aliphatic carbocycles. The van der Waals surface area contributed by atoms with Crippen LogP contribution in [0.5, 0.6) is 0 Å². The third-order valence-corrected chi connectivity index (χ3v) is 3.39. The maximum absolute atomic E-state index is 11.6. The Bertz CT molecular complexity index is 255. The molecule has 0 aromatic heterocycles. The molecule has 1 fully saturated rings. The van der Waals surface area contributed by atoms with Crippen LogP contribution in [0.3, 0.4) is 0 Å². The number of carbonyl (C=O) groups is 2. The van der Waals surface area contributed by atoms with Gasteiger partial charge in [-0.2, -0.15) is 0 Å². The number of carboxylic acid groups (broad SMARTS) is 1. The van der Waals surface area contributed by atoms with Gasteiger partial charge in [-0.3, -0.25) is 9.59 Å². The molecule has 0 saturated carbocycles. The van der Waals surface area contributed by atoms with Gasteiger partial charge in [0, 0.05) is 19.5 Å². The summed E-state index contributed by atoms with van der Waals surface area (Å²) in [6.07, 6.45) is 2.19. The van der Waals surface area contributed by atoms with Gasteiger partial charge in [0.2, 0.25) is 5.91 Å². The molecule has 1 heterocycles. The average molecular weight is 227 g/mol. The largest absolute Gasteiger partial charge is 0.481 e. The molecule has 0 aromatic carbocycles. The van der Waals surface area contributed by atoms with Gasteiger partial charge in [0.05, 0.1) is 6.42 Å². The highest BCUT2D eigenvalue weighted by Crippen LogP contribution is 2.24. The first-order valence-electron chi connectivity index (χ1n) is 6.00. The quantitative estimate of drug-likeness (QED) is 0.796.